The quantitative estimate of drug-likeness (QED) is 0.436. The molecule has 0 aliphatic carbocycles. The molecule has 2 nitrogen and oxygen atoms in total. The van der Waals surface area contributed by atoms with E-state index in [4.69, 9.17) is 0 Å². The van der Waals surface area contributed by atoms with Gasteiger partial charge in [0.15, 0.2) is 0 Å². The zero-order valence-electron chi connectivity index (χ0n) is 6.52. The molecule has 0 unspecified atom stereocenters. The first-order valence-electron chi connectivity index (χ1n) is 4.07. The van der Waals surface area contributed by atoms with Crippen LogP contribution in [0.4, 0.5) is 0 Å². The van der Waals surface area contributed by atoms with Gasteiger partial charge in [0.1, 0.15) is 5.82 Å². The van der Waals surface area contributed by atoms with Crippen molar-refractivity contribution in [3.8, 4) is 0 Å². The molecule has 2 rings (SSSR count). The Labute approximate surface area is 77.4 Å². The Morgan fingerprint density at radius 2 is 2.18 bits per heavy atom. The molecule has 2 heterocycles. The zero-order valence-corrected chi connectivity index (χ0v) is 8.67. The molecular weight excluding hydrogens is 251 g/mol. The number of alkyl halides is 1. The Balaban J connectivity index is 2.02. The van der Waals surface area contributed by atoms with Gasteiger partial charge in [-0.15, -0.1) is 20.7 Å². The lowest BCUT2D eigenvalue weighted by Crippen LogP contribution is -2.30. The fourth-order valence-corrected chi connectivity index (χ4v) is 2.95. The third-order valence-electron chi connectivity index (χ3n) is 2.08. The van der Waals surface area contributed by atoms with E-state index >= 15 is 0 Å². The normalized spacial score (nSPS) is 24.0. The minimum atomic E-state index is 0.333. The van der Waals surface area contributed by atoms with Crippen molar-refractivity contribution < 1.29 is 0 Å². The molecule has 0 aromatic carbocycles. The SMILES string of the molecule is C1=ICNC(N2CCCC2)=C1. The second-order valence-corrected chi connectivity index (χ2v) is 5.20. The van der Waals surface area contributed by atoms with E-state index in [0.29, 0.717) is 20.7 Å². The summed E-state index contributed by atoms with van der Waals surface area (Å²) in [7, 11) is 0. The van der Waals surface area contributed by atoms with Crippen molar-refractivity contribution in [3.05, 3.63) is 11.9 Å². The minimum Gasteiger partial charge on any atom is -0.363 e. The number of halogens is 1. The Morgan fingerprint density at radius 1 is 1.36 bits per heavy atom. The molecule has 3 heteroatoms. The maximum atomic E-state index is 3.47. The molecule has 0 saturated carbocycles. The standard InChI is InChI=1S/C8H13IN2/c1-2-6-11(5-1)8-3-4-9-7-10-8/h3-4,10H,1-2,5-7H2. The van der Waals surface area contributed by atoms with E-state index in [1.807, 2.05) is 0 Å². The van der Waals surface area contributed by atoms with Crippen LogP contribution < -0.4 is 5.32 Å². The molecule has 0 aromatic rings. The van der Waals surface area contributed by atoms with Gasteiger partial charge in [0.05, 0.1) is 4.55 Å². The van der Waals surface area contributed by atoms with Crippen molar-refractivity contribution in [2.75, 3.05) is 17.6 Å². The lowest BCUT2D eigenvalue weighted by atomic mass is 10.4. The number of rotatable bonds is 1. The van der Waals surface area contributed by atoms with Crippen LogP contribution in [0.5, 0.6) is 0 Å². The number of hydrogen-bond acceptors (Lipinski definition) is 2. The summed E-state index contributed by atoms with van der Waals surface area (Å²) in [6, 6.07) is 0. The first-order valence-corrected chi connectivity index (χ1v) is 6.84. The van der Waals surface area contributed by atoms with E-state index in [9.17, 15) is 0 Å². The number of allylic oxidation sites excluding steroid dienone is 1. The molecule has 2 aliphatic heterocycles. The van der Waals surface area contributed by atoms with Crippen LogP contribution in [0.1, 0.15) is 12.8 Å². The monoisotopic (exact) mass is 264 g/mol. The molecule has 0 atom stereocenters. The Hall–Kier alpha value is -0.0600. The molecular formula is C8H13IN2. The van der Waals surface area contributed by atoms with Gasteiger partial charge >= 0.3 is 0 Å². The van der Waals surface area contributed by atoms with Crippen molar-refractivity contribution in [1.82, 2.24) is 10.2 Å². The number of nitrogens with zero attached hydrogens (tertiary/aromatic N) is 1. The van der Waals surface area contributed by atoms with Gasteiger partial charge in [0, 0.05) is 13.1 Å². The van der Waals surface area contributed by atoms with Gasteiger partial charge in [0.2, 0.25) is 0 Å². The van der Waals surface area contributed by atoms with Gasteiger partial charge in [-0.3, -0.25) is 0 Å². The van der Waals surface area contributed by atoms with E-state index < -0.39 is 0 Å². The van der Waals surface area contributed by atoms with Crippen LogP contribution in [0.2, 0.25) is 0 Å². The first kappa shape index (κ1) is 7.58. The lowest BCUT2D eigenvalue weighted by molar-refractivity contribution is 0.400. The summed E-state index contributed by atoms with van der Waals surface area (Å²) in [6.07, 6.45) is 5.00. The Bertz CT molecular complexity index is 192. The average Bonchev–Trinajstić information content (AvgIpc) is 2.58. The van der Waals surface area contributed by atoms with Gasteiger partial charge in [-0.1, -0.05) is 0 Å². The summed E-state index contributed by atoms with van der Waals surface area (Å²) >= 11 is 0.333. The van der Waals surface area contributed by atoms with E-state index in [1.165, 1.54) is 36.3 Å². The molecule has 0 aromatic heterocycles. The topological polar surface area (TPSA) is 15.3 Å². The van der Waals surface area contributed by atoms with Gasteiger partial charge in [-0.25, -0.2) is 0 Å². The summed E-state index contributed by atoms with van der Waals surface area (Å²) < 4.78 is 3.59. The van der Waals surface area contributed by atoms with Crippen LogP contribution in [0.15, 0.2) is 11.9 Å². The Kier molecular flexibility index (Phi) is 2.45. The van der Waals surface area contributed by atoms with E-state index in [2.05, 4.69) is 20.3 Å². The predicted molar refractivity (Wildman–Crippen MR) is 57.0 cm³/mol. The highest BCUT2D eigenvalue weighted by Crippen LogP contribution is 2.14. The number of likely N-dealkylation sites (tertiary alicyclic amines) is 1. The summed E-state index contributed by atoms with van der Waals surface area (Å²) in [5, 5.41) is 3.47. The van der Waals surface area contributed by atoms with Crippen molar-refractivity contribution in [1.29, 1.82) is 0 Å². The molecule has 1 saturated heterocycles. The zero-order chi connectivity index (χ0) is 7.52. The number of hydrogen-bond donors (Lipinski definition) is 1. The maximum Gasteiger partial charge on any atom is 0.102 e. The molecule has 2 aliphatic rings. The molecule has 1 fully saturated rings. The van der Waals surface area contributed by atoms with Crippen LogP contribution >= 0.6 is 20.7 Å². The lowest BCUT2D eigenvalue weighted by Gasteiger charge is -2.23. The second kappa shape index (κ2) is 3.56. The van der Waals surface area contributed by atoms with Gasteiger partial charge in [-0.2, -0.15) is 0 Å². The van der Waals surface area contributed by atoms with Crippen molar-refractivity contribution >= 4 is 24.7 Å². The predicted octanol–water partition coefficient (Wildman–Crippen LogP) is 1.26. The van der Waals surface area contributed by atoms with Gasteiger partial charge < -0.3 is 10.2 Å². The van der Waals surface area contributed by atoms with Crippen molar-refractivity contribution in [2.24, 2.45) is 0 Å². The Morgan fingerprint density at radius 3 is 2.82 bits per heavy atom. The third-order valence-corrected chi connectivity index (χ3v) is 3.77. The van der Waals surface area contributed by atoms with Crippen LogP contribution in [-0.2, 0) is 0 Å². The van der Waals surface area contributed by atoms with E-state index in [1.54, 1.807) is 0 Å². The third kappa shape index (κ3) is 1.75. The summed E-state index contributed by atoms with van der Waals surface area (Å²) in [6.45, 7) is 2.51. The smallest absolute Gasteiger partial charge is 0.102 e. The first-order chi connectivity index (χ1) is 5.47. The van der Waals surface area contributed by atoms with Crippen LogP contribution in [-0.4, -0.2) is 26.6 Å². The van der Waals surface area contributed by atoms with Crippen LogP contribution in [0.3, 0.4) is 0 Å². The highest BCUT2D eigenvalue weighted by atomic mass is 127. The molecule has 62 valence electrons. The van der Waals surface area contributed by atoms with Crippen molar-refractivity contribution in [2.45, 2.75) is 12.8 Å². The summed E-state index contributed by atoms with van der Waals surface area (Å²) in [4.78, 5) is 2.46. The fourth-order valence-electron chi connectivity index (χ4n) is 1.49. The minimum absolute atomic E-state index is 0.333. The summed E-state index contributed by atoms with van der Waals surface area (Å²) in [5.74, 6) is 1.37. The van der Waals surface area contributed by atoms with E-state index in [0.717, 1.165) is 0 Å². The highest BCUT2D eigenvalue weighted by molar-refractivity contribution is 14.2. The average molecular weight is 264 g/mol. The second-order valence-electron chi connectivity index (χ2n) is 2.84. The largest absolute Gasteiger partial charge is 0.363 e. The molecule has 0 spiro atoms. The fraction of sp³-hybridized carbons (Fsp3) is 0.625. The molecule has 0 radical (unpaired) electrons. The summed E-state index contributed by atoms with van der Waals surface area (Å²) in [5.41, 5.74) is 0. The molecule has 11 heavy (non-hydrogen) atoms. The van der Waals surface area contributed by atoms with Crippen LogP contribution in [0.25, 0.3) is 0 Å². The molecule has 0 bridgehead atoms. The van der Waals surface area contributed by atoms with Crippen LogP contribution in [0, 0.1) is 0 Å². The highest BCUT2D eigenvalue weighted by Gasteiger charge is 2.14. The maximum absolute atomic E-state index is 3.47. The molecule has 1 N–H and O–H groups in total. The van der Waals surface area contributed by atoms with E-state index in [-0.39, 0.29) is 0 Å². The van der Waals surface area contributed by atoms with Gasteiger partial charge in [-0.05, 0) is 22.9 Å². The van der Waals surface area contributed by atoms with Gasteiger partial charge in [0.25, 0.3) is 0 Å². The molecule has 0 amide bonds. The number of nitrogens with one attached hydrogen (secondary N) is 1. The van der Waals surface area contributed by atoms with Crippen molar-refractivity contribution in [3.63, 3.8) is 0 Å².